The average Bonchev–Trinajstić information content (AvgIpc) is 3.00. The van der Waals surface area contributed by atoms with Crippen molar-refractivity contribution in [2.75, 3.05) is 5.32 Å². The molecule has 0 bridgehead atoms. The normalized spacial score (nSPS) is 10.8. The van der Waals surface area contributed by atoms with Crippen LogP contribution < -0.4 is 10.1 Å². The third-order valence-corrected chi connectivity index (χ3v) is 4.84. The van der Waals surface area contributed by atoms with E-state index < -0.39 is 0 Å². The molecule has 2 aromatic heterocycles. The number of nitrogens with zero attached hydrogens (tertiary/aromatic N) is 2. The number of ether oxygens (including phenoxy) is 1. The number of hydrogen-bond acceptors (Lipinski definition) is 3. The van der Waals surface area contributed by atoms with Crippen molar-refractivity contribution in [3.05, 3.63) is 87.7 Å². The molecule has 5 nitrogen and oxygen atoms in total. The average molecular weight is 457 g/mol. The van der Waals surface area contributed by atoms with Gasteiger partial charge in [-0.2, -0.15) is 0 Å². The molecule has 140 valence electrons. The van der Waals surface area contributed by atoms with Gasteiger partial charge in [0.15, 0.2) is 5.75 Å². The van der Waals surface area contributed by atoms with Gasteiger partial charge >= 0.3 is 0 Å². The number of benzene rings is 2. The summed E-state index contributed by atoms with van der Waals surface area (Å²) in [6, 6.07) is 18.2. The van der Waals surface area contributed by atoms with Crippen LogP contribution in [0.1, 0.15) is 16.2 Å². The Labute approximate surface area is 175 Å². The summed E-state index contributed by atoms with van der Waals surface area (Å²) >= 11 is 9.58. The molecule has 4 rings (SSSR count). The molecule has 2 aromatic carbocycles. The van der Waals surface area contributed by atoms with E-state index in [0.717, 1.165) is 4.47 Å². The van der Waals surface area contributed by atoms with E-state index in [2.05, 4.69) is 26.2 Å². The number of amides is 1. The Morgan fingerprint density at radius 2 is 1.93 bits per heavy atom. The van der Waals surface area contributed by atoms with Crippen LogP contribution in [0.4, 0.5) is 5.69 Å². The van der Waals surface area contributed by atoms with E-state index in [0.29, 0.717) is 39.2 Å². The maximum atomic E-state index is 13.1. The molecule has 0 spiro atoms. The molecule has 1 amide bonds. The van der Waals surface area contributed by atoms with Crippen molar-refractivity contribution in [1.29, 1.82) is 0 Å². The van der Waals surface area contributed by atoms with Crippen LogP contribution in [0.2, 0.25) is 5.02 Å². The maximum absolute atomic E-state index is 13.1. The number of rotatable bonds is 4. The Morgan fingerprint density at radius 3 is 2.71 bits per heavy atom. The molecular formula is C21H15BrClN3O2. The van der Waals surface area contributed by atoms with Crippen molar-refractivity contribution in [2.45, 2.75) is 6.92 Å². The van der Waals surface area contributed by atoms with Crippen molar-refractivity contribution in [3.8, 4) is 11.5 Å². The van der Waals surface area contributed by atoms with Crippen molar-refractivity contribution < 1.29 is 9.53 Å². The highest BCUT2D eigenvalue weighted by atomic mass is 79.9. The Morgan fingerprint density at radius 1 is 1.14 bits per heavy atom. The van der Waals surface area contributed by atoms with Crippen LogP contribution in [-0.2, 0) is 0 Å². The molecule has 0 unspecified atom stereocenters. The molecule has 0 fully saturated rings. The first-order valence-electron chi connectivity index (χ1n) is 8.49. The molecule has 28 heavy (non-hydrogen) atoms. The predicted molar refractivity (Wildman–Crippen MR) is 114 cm³/mol. The highest BCUT2D eigenvalue weighted by Crippen LogP contribution is 2.32. The summed E-state index contributed by atoms with van der Waals surface area (Å²) in [4.78, 5) is 17.5. The van der Waals surface area contributed by atoms with Gasteiger partial charge in [0.2, 0.25) is 0 Å². The quantitative estimate of drug-likeness (QED) is 0.403. The molecule has 0 saturated heterocycles. The van der Waals surface area contributed by atoms with Crippen LogP contribution in [0, 0.1) is 6.92 Å². The lowest BCUT2D eigenvalue weighted by molar-refractivity contribution is 0.102. The van der Waals surface area contributed by atoms with E-state index in [9.17, 15) is 4.79 Å². The Kier molecular flexibility index (Phi) is 5.07. The minimum Gasteiger partial charge on any atom is -0.455 e. The Hall–Kier alpha value is -2.83. The first-order valence-corrected chi connectivity index (χ1v) is 9.66. The number of aromatic nitrogens is 2. The van der Waals surface area contributed by atoms with Gasteiger partial charge in [-0.1, -0.05) is 29.8 Å². The summed E-state index contributed by atoms with van der Waals surface area (Å²) in [5.74, 6) is 0.857. The Bertz CT molecular complexity index is 1180. The van der Waals surface area contributed by atoms with E-state index in [1.165, 1.54) is 0 Å². The molecule has 2 heterocycles. The topological polar surface area (TPSA) is 55.6 Å². The first-order chi connectivity index (χ1) is 13.5. The van der Waals surface area contributed by atoms with Gasteiger partial charge < -0.3 is 10.1 Å². The number of hydrogen-bond donors (Lipinski definition) is 1. The highest BCUT2D eigenvalue weighted by molar-refractivity contribution is 9.10. The van der Waals surface area contributed by atoms with E-state index in [4.69, 9.17) is 16.3 Å². The molecule has 7 heteroatoms. The number of aryl methyl sites for hydroxylation is 1. The second-order valence-electron chi connectivity index (χ2n) is 6.13. The number of imidazole rings is 1. The van der Waals surface area contributed by atoms with Gasteiger partial charge in [0.05, 0.1) is 11.4 Å². The van der Waals surface area contributed by atoms with Gasteiger partial charge in [-0.05, 0) is 65.3 Å². The molecule has 0 saturated carbocycles. The van der Waals surface area contributed by atoms with Crippen molar-refractivity contribution in [2.24, 2.45) is 0 Å². The van der Waals surface area contributed by atoms with E-state index in [-0.39, 0.29) is 5.91 Å². The largest absolute Gasteiger partial charge is 0.455 e. The van der Waals surface area contributed by atoms with Gasteiger partial charge in [0, 0.05) is 15.7 Å². The summed E-state index contributed by atoms with van der Waals surface area (Å²) in [6.45, 7) is 1.80. The standard InChI is InChI=1S/C21H15BrClN3O2/c1-13-20(26-12-14(22)7-10-19(26)24-13)21(27)25-17-11-15(23)8-9-18(17)28-16-5-3-2-4-6-16/h2-12H,1H3,(H,25,27). The van der Waals surface area contributed by atoms with Crippen LogP contribution in [0.5, 0.6) is 11.5 Å². The van der Waals surface area contributed by atoms with Crippen LogP contribution in [0.15, 0.2) is 71.3 Å². The maximum Gasteiger partial charge on any atom is 0.274 e. The fourth-order valence-electron chi connectivity index (χ4n) is 2.90. The fraction of sp³-hybridized carbons (Fsp3) is 0.0476. The molecule has 0 aliphatic carbocycles. The molecule has 1 N–H and O–H groups in total. The van der Waals surface area contributed by atoms with Gasteiger partial charge in [-0.15, -0.1) is 0 Å². The third kappa shape index (κ3) is 3.74. The number of pyridine rings is 1. The van der Waals surface area contributed by atoms with Crippen LogP contribution >= 0.6 is 27.5 Å². The van der Waals surface area contributed by atoms with Gasteiger partial charge in [0.1, 0.15) is 17.1 Å². The van der Waals surface area contributed by atoms with Crippen molar-refractivity contribution in [3.63, 3.8) is 0 Å². The molecule has 0 aliphatic rings. The summed E-state index contributed by atoms with van der Waals surface area (Å²) in [6.07, 6.45) is 1.81. The Balaban J connectivity index is 1.69. The summed E-state index contributed by atoms with van der Waals surface area (Å²) < 4.78 is 8.51. The first kappa shape index (κ1) is 18.5. The third-order valence-electron chi connectivity index (χ3n) is 4.13. The number of para-hydroxylation sites is 1. The second kappa shape index (κ2) is 7.66. The van der Waals surface area contributed by atoms with Crippen LogP contribution in [0.3, 0.4) is 0 Å². The number of carbonyl (C=O) groups excluding carboxylic acids is 1. The lowest BCUT2D eigenvalue weighted by Crippen LogP contribution is -2.16. The van der Waals surface area contributed by atoms with E-state index in [1.54, 1.807) is 29.5 Å². The molecule has 4 aromatic rings. The molecule has 0 aliphatic heterocycles. The van der Waals surface area contributed by atoms with Crippen LogP contribution in [0.25, 0.3) is 5.65 Å². The zero-order valence-electron chi connectivity index (χ0n) is 14.8. The molecule has 0 radical (unpaired) electrons. The van der Waals surface area contributed by atoms with Crippen LogP contribution in [-0.4, -0.2) is 15.3 Å². The lowest BCUT2D eigenvalue weighted by atomic mass is 10.2. The minimum atomic E-state index is -0.303. The van der Waals surface area contributed by atoms with E-state index in [1.807, 2.05) is 48.7 Å². The number of carbonyl (C=O) groups is 1. The van der Waals surface area contributed by atoms with Gasteiger partial charge in [-0.3, -0.25) is 9.20 Å². The number of fused-ring (bicyclic) bond motifs is 1. The predicted octanol–water partition coefficient (Wildman–Crippen LogP) is 6.10. The van der Waals surface area contributed by atoms with Crippen molar-refractivity contribution in [1.82, 2.24) is 9.38 Å². The smallest absolute Gasteiger partial charge is 0.274 e. The fourth-order valence-corrected chi connectivity index (χ4v) is 3.40. The van der Waals surface area contributed by atoms with Gasteiger partial charge in [-0.25, -0.2) is 4.98 Å². The SMILES string of the molecule is Cc1nc2ccc(Br)cn2c1C(=O)Nc1cc(Cl)ccc1Oc1ccccc1. The summed E-state index contributed by atoms with van der Waals surface area (Å²) in [5, 5.41) is 3.40. The monoisotopic (exact) mass is 455 g/mol. The number of anilines is 1. The molecular weight excluding hydrogens is 442 g/mol. The van der Waals surface area contributed by atoms with E-state index >= 15 is 0 Å². The number of nitrogens with one attached hydrogen (secondary N) is 1. The lowest BCUT2D eigenvalue weighted by Gasteiger charge is -2.13. The highest BCUT2D eigenvalue weighted by Gasteiger charge is 2.19. The summed E-state index contributed by atoms with van der Waals surface area (Å²) in [7, 11) is 0. The molecule has 0 atom stereocenters. The second-order valence-corrected chi connectivity index (χ2v) is 7.48. The summed E-state index contributed by atoms with van der Waals surface area (Å²) in [5.41, 5.74) is 2.24. The van der Waals surface area contributed by atoms with Crippen molar-refractivity contribution >= 4 is 44.8 Å². The number of halogens is 2. The zero-order chi connectivity index (χ0) is 19.7. The zero-order valence-corrected chi connectivity index (χ0v) is 17.2. The van der Waals surface area contributed by atoms with Gasteiger partial charge in [0.25, 0.3) is 5.91 Å². The minimum absolute atomic E-state index is 0.303.